The molecule has 1 aliphatic heterocycles. The number of aromatic amines is 1. The van der Waals surface area contributed by atoms with Crippen LogP contribution in [0.1, 0.15) is 19.4 Å². The Bertz CT molecular complexity index is 729. The molecule has 8 nitrogen and oxygen atoms in total. The molecule has 0 saturated heterocycles. The summed E-state index contributed by atoms with van der Waals surface area (Å²) in [6.07, 6.45) is 0.995. The Morgan fingerprint density at radius 2 is 2.25 bits per heavy atom. The Balaban J connectivity index is 2.31. The molecule has 0 aliphatic carbocycles. The van der Waals surface area contributed by atoms with Gasteiger partial charge in [0.1, 0.15) is 11.5 Å². The lowest BCUT2D eigenvalue weighted by Crippen LogP contribution is -2.37. The van der Waals surface area contributed by atoms with Gasteiger partial charge < -0.3 is 5.32 Å². The van der Waals surface area contributed by atoms with Crippen LogP contribution in [0.2, 0.25) is 0 Å². The zero-order valence-corrected chi connectivity index (χ0v) is 11.2. The zero-order valence-electron chi connectivity index (χ0n) is 11.2. The molecular formula is C12H15N7O. The number of hydrogen-bond donors (Lipinski definition) is 3. The van der Waals surface area contributed by atoms with Gasteiger partial charge in [0.15, 0.2) is 6.29 Å². The highest BCUT2D eigenvalue weighted by molar-refractivity contribution is 6.05. The number of aliphatic imine (C=N–C) groups is 1. The van der Waals surface area contributed by atoms with Gasteiger partial charge in [-0.2, -0.15) is 15.4 Å². The molecule has 0 saturated carbocycles. The van der Waals surface area contributed by atoms with Crippen molar-refractivity contribution in [2.24, 2.45) is 10.7 Å². The summed E-state index contributed by atoms with van der Waals surface area (Å²) in [5.41, 5.74) is 8.33. The molecule has 2 aromatic rings. The van der Waals surface area contributed by atoms with E-state index in [2.05, 4.69) is 25.7 Å². The number of aromatic nitrogens is 4. The number of hydrogen-bond acceptors (Lipinski definition) is 6. The Labute approximate surface area is 114 Å². The quantitative estimate of drug-likeness (QED) is 0.719. The predicted molar refractivity (Wildman–Crippen MR) is 75.6 cm³/mol. The molecule has 104 valence electrons. The third-order valence-electron chi connectivity index (χ3n) is 3.30. The average molecular weight is 273 g/mol. The van der Waals surface area contributed by atoms with Crippen LogP contribution in [0.25, 0.3) is 11.3 Å². The number of nitrogens with zero attached hydrogens (tertiary/aromatic N) is 4. The normalized spacial score (nSPS) is 17.4. The van der Waals surface area contributed by atoms with Crippen molar-refractivity contribution in [1.29, 1.82) is 0 Å². The molecule has 1 atom stereocenters. The number of nitrogens with one attached hydrogen (secondary N) is 2. The number of H-pyrrole nitrogens is 1. The van der Waals surface area contributed by atoms with Gasteiger partial charge in [0.25, 0.3) is 5.56 Å². The Morgan fingerprint density at radius 1 is 1.45 bits per heavy atom. The van der Waals surface area contributed by atoms with Crippen molar-refractivity contribution in [2.75, 3.05) is 5.32 Å². The first-order valence-corrected chi connectivity index (χ1v) is 6.32. The molecule has 0 fully saturated rings. The lowest BCUT2D eigenvalue weighted by Gasteiger charge is -2.25. The summed E-state index contributed by atoms with van der Waals surface area (Å²) >= 11 is 0. The lowest BCUT2D eigenvalue weighted by molar-refractivity contribution is 0.699. The second kappa shape index (κ2) is 4.57. The standard InChI is InChI=1S/C12H15N7O/c1-3-19-10-7(6(2)15-12(13)16-10)4-8(11(19)20)9-5-14-18-17-9/h4-5,12,16H,3,13H2,1-2H3,(H,14,17,18). The predicted octanol–water partition coefficient (Wildman–Crippen LogP) is 0.130. The van der Waals surface area contributed by atoms with Crippen LogP contribution in [-0.2, 0) is 6.54 Å². The molecule has 0 bridgehead atoms. The zero-order chi connectivity index (χ0) is 14.3. The number of fused-ring (bicyclic) bond motifs is 1. The van der Waals surface area contributed by atoms with E-state index in [9.17, 15) is 4.79 Å². The highest BCUT2D eigenvalue weighted by Crippen LogP contribution is 2.24. The minimum Gasteiger partial charge on any atom is -0.337 e. The van der Waals surface area contributed by atoms with Gasteiger partial charge in [-0.3, -0.25) is 20.1 Å². The van der Waals surface area contributed by atoms with E-state index in [1.54, 1.807) is 10.6 Å². The third kappa shape index (κ3) is 1.81. The van der Waals surface area contributed by atoms with Crippen molar-refractivity contribution in [3.8, 4) is 11.3 Å². The maximum Gasteiger partial charge on any atom is 0.261 e. The molecule has 20 heavy (non-hydrogen) atoms. The van der Waals surface area contributed by atoms with Gasteiger partial charge in [0, 0.05) is 17.8 Å². The molecule has 0 radical (unpaired) electrons. The molecule has 3 rings (SSSR count). The van der Waals surface area contributed by atoms with E-state index in [-0.39, 0.29) is 5.56 Å². The molecule has 0 spiro atoms. The van der Waals surface area contributed by atoms with E-state index in [0.717, 1.165) is 11.3 Å². The summed E-state index contributed by atoms with van der Waals surface area (Å²) in [5, 5.41) is 13.3. The summed E-state index contributed by atoms with van der Waals surface area (Å²) in [6, 6.07) is 1.78. The molecule has 1 unspecified atom stereocenters. The van der Waals surface area contributed by atoms with Gasteiger partial charge in [0.2, 0.25) is 0 Å². The summed E-state index contributed by atoms with van der Waals surface area (Å²) in [6.45, 7) is 4.30. The number of anilines is 1. The third-order valence-corrected chi connectivity index (χ3v) is 3.30. The number of nitrogens with two attached hydrogens (primary N) is 1. The maximum atomic E-state index is 12.5. The van der Waals surface area contributed by atoms with Gasteiger partial charge in [0.05, 0.1) is 11.8 Å². The summed E-state index contributed by atoms with van der Waals surface area (Å²) < 4.78 is 1.64. The molecule has 8 heteroatoms. The van der Waals surface area contributed by atoms with Crippen molar-refractivity contribution in [3.05, 3.63) is 28.2 Å². The average Bonchev–Trinajstić information content (AvgIpc) is 2.92. The van der Waals surface area contributed by atoms with Crippen LogP contribution < -0.4 is 16.6 Å². The van der Waals surface area contributed by atoms with Crippen molar-refractivity contribution < 1.29 is 0 Å². The van der Waals surface area contributed by atoms with Gasteiger partial charge in [-0.1, -0.05) is 0 Å². The molecule has 2 aromatic heterocycles. The van der Waals surface area contributed by atoms with E-state index < -0.39 is 6.29 Å². The first-order valence-electron chi connectivity index (χ1n) is 6.32. The fourth-order valence-electron chi connectivity index (χ4n) is 2.37. The smallest absolute Gasteiger partial charge is 0.261 e. The molecule has 1 aliphatic rings. The van der Waals surface area contributed by atoms with Gasteiger partial charge in [-0.05, 0) is 19.9 Å². The van der Waals surface area contributed by atoms with Crippen LogP contribution in [0.15, 0.2) is 22.1 Å². The van der Waals surface area contributed by atoms with Gasteiger partial charge in [-0.25, -0.2) is 0 Å². The Kier molecular flexibility index (Phi) is 2.87. The van der Waals surface area contributed by atoms with Crippen LogP contribution in [0.4, 0.5) is 5.82 Å². The fraction of sp³-hybridized carbons (Fsp3) is 0.333. The second-order valence-corrected chi connectivity index (χ2v) is 4.53. The van der Waals surface area contributed by atoms with Crippen LogP contribution in [0, 0.1) is 0 Å². The highest BCUT2D eigenvalue weighted by atomic mass is 16.1. The molecule has 0 aromatic carbocycles. The van der Waals surface area contributed by atoms with Crippen LogP contribution in [0.3, 0.4) is 0 Å². The SMILES string of the molecule is CCn1c2c(cc(-c3cn[nH]n3)c1=O)C(C)=NC(N)N2. The van der Waals surface area contributed by atoms with E-state index >= 15 is 0 Å². The molecule has 0 amide bonds. The van der Waals surface area contributed by atoms with Crippen molar-refractivity contribution >= 4 is 11.5 Å². The summed E-state index contributed by atoms with van der Waals surface area (Å²) in [5.74, 6) is 0.699. The molecule has 4 N–H and O–H groups in total. The van der Waals surface area contributed by atoms with Crippen molar-refractivity contribution in [1.82, 2.24) is 20.0 Å². The van der Waals surface area contributed by atoms with E-state index in [4.69, 9.17) is 5.73 Å². The molecule has 3 heterocycles. The largest absolute Gasteiger partial charge is 0.337 e. The van der Waals surface area contributed by atoms with Crippen molar-refractivity contribution in [3.63, 3.8) is 0 Å². The van der Waals surface area contributed by atoms with E-state index in [0.29, 0.717) is 23.6 Å². The van der Waals surface area contributed by atoms with Gasteiger partial charge >= 0.3 is 0 Å². The fourth-order valence-corrected chi connectivity index (χ4v) is 2.37. The Hall–Kier alpha value is -2.48. The topological polar surface area (TPSA) is 114 Å². The summed E-state index contributed by atoms with van der Waals surface area (Å²) in [4.78, 5) is 16.8. The first-order chi connectivity index (χ1) is 9.61. The van der Waals surface area contributed by atoms with Crippen LogP contribution >= 0.6 is 0 Å². The first kappa shape index (κ1) is 12.5. The van der Waals surface area contributed by atoms with E-state index in [1.807, 2.05) is 13.8 Å². The monoisotopic (exact) mass is 273 g/mol. The van der Waals surface area contributed by atoms with E-state index in [1.165, 1.54) is 6.20 Å². The molecular weight excluding hydrogens is 258 g/mol. The van der Waals surface area contributed by atoms with Crippen molar-refractivity contribution in [2.45, 2.75) is 26.7 Å². The minimum atomic E-state index is -0.530. The maximum absolute atomic E-state index is 12.5. The highest BCUT2D eigenvalue weighted by Gasteiger charge is 2.22. The lowest BCUT2D eigenvalue weighted by atomic mass is 10.1. The number of pyridine rings is 1. The minimum absolute atomic E-state index is 0.130. The number of rotatable bonds is 2. The second-order valence-electron chi connectivity index (χ2n) is 4.53. The Morgan fingerprint density at radius 3 is 2.90 bits per heavy atom. The van der Waals surface area contributed by atoms with Gasteiger partial charge in [-0.15, -0.1) is 0 Å². The van der Waals surface area contributed by atoms with Crippen LogP contribution in [0.5, 0.6) is 0 Å². The van der Waals surface area contributed by atoms with Crippen LogP contribution in [-0.4, -0.2) is 32.0 Å². The summed E-state index contributed by atoms with van der Waals surface area (Å²) in [7, 11) is 0.